The van der Waals surface area contributed by atoms with Gasteiger partial charge in [-0.3, -0.25) is 4.98 Å². The quantitative estimate of drug-likeness (QED) is 0.111. The number of esters is 4. The van der Waals surface area contributed by atoms with Crippen LogP contribution in [-0.4, -0.2) is 70.1 Å². The maximum atomic E-state index is 13.8. The van der Waals surface area contributed by atoms with Crippen molar-refractivity contribution in [3.05, 3.63) is 174 Å². The number of pyridine rings is 1. The van der Waals surface area contributed by atoms with Gasteiger partial charge in [0.25, 0.3) is 5.89 Å². The highest BCUT2D eigenvalue weighted by Crippen LogP contribution is 2.39. The molecule has 6 aromatic rings. The fourth-order valence-corrected chi connectivity index (χ4v) is 5.71. The molecule has 0 spiro atoms. The van der Waals surface area contributed by atoms with Gasteiger partial charge in [0.2, 0.25) is 5.89 Å². The third kappa shape index (κ3) is 8.22. The number of benzene rings is 4. The molecule has 1 fully saturated rings. The second-order valence-corrected chi connectivity index (χ2v) is 11.9. The minimum atomic E-state index is -1.58. The molecule has 0 bridgehead atoms. The Morgan fingerprint density at radius 2 is 0.981 bits per heavy atom. The van der Waals surface area contributed by atoms with Crippen LogP contribution in [-0.2, 0) is 23.7 Å². The zero-order valence-corrected chi connectivity index (χ0v) is 28.4. The lowest BCUT2D eigenvalue weighted by atomic mass is 9.93. The van der Waals surface area contributed by atoms with Gasteiger partial charge in [-0.15, -0.1) is 10.2 Å². The number of carbonyl (C=O) groups is 4. The number of rotatable bonds is 11. The molecule has 270 valence electrons. The molecule has 1 aliphatic heterocycles. The van der Waals surface area contributed by atoms with Gasteiger partial charge >= 0.3 is 23.9 Å². The van der Waals surface area contributed by atoms with Crippen LogP contribution in [0.2, 0.25) is 0 Å². The molecule has 1 aliphatic rings. The van der Waals surface area contributed by atoms with Crippen LogP contribution in [0, 0.1) is 0 Å². The first-order valence-corrected chi connectivity index (χ1v) is 16.8. The van der Waals surface area contributed by atoms with E-state index in [4.69, 9.17) is 28.1 Å². The van der Waals surface area contributed by atoms with Gasteiger partial charge in [0.05, 0.1) is 22.3 Å². The summed E-state index contributed by atoms with van der Waals surface area (Å²) < 4.78 is 36.5. The van der Waals surface area contributed by atoms with Crippen molar-refractivity contribution < 1.29 is 47.3 Å². The van der Waals surface area contributed by atoms with E-state index in [1.54, 1.807) is 109 Å². The molecule has 0 saturated carbocycles. The lowest BCUT2D eigenvalue weighted by Gasteiger charge is -2.43. The lowest BCUT2D eigenvalue weighted by Crippen LogP contribution is -2.60. The predicted octanol–water partition coefficient (Wildman–Crippen LogP) is 6.11. The molecular formula is C41H31N3O10. The molecule has 0 unspecified atom stereocenters. The molecule has 0 radical (unpaired) electrons. The number of carbonyl (C=O) groups excluding carboxylic acids is 4. The highest BCUT2D eigenvalue weighted by molar-refractivity contribution is 5.91. The average molecular weight is 726 g/mol. The summed E-state index contributed by atoms with van der Waals surface area (Å²) in [5, 5.41) is 8.33. The Morgan fingerprint density at radius 3 is 1.48 bits per heavy atom. The van der Waals surface area contributed by atoms with Gasteiger partial charge < -0.3 is 28.1 Å². The Balaban J connectivity index is 1.32. The molecule has 0 aliphatic carbocycles. The van der Waals surface area contributed by atoms with Crippen LogP contribution in [0.4, 0.5) is 0 Å². The minimum absolute atomic E-state index is 0.0184. The summed E-state index contributed by atoms with van der Waals surface area (Å²) in [5.41, 5.74) is 1.09. The zero-order chi connectivity index (χ0) is 37.3. The van der Waals surface area contributed by atoms with Crippen molar-refractivity contribution in [3.8, 4) is 11.6 Å². The topological polar surface area (TPSA) is 166 Å². The van der Waals surface area contributed by atoms with Gasteiger partial charge in [-0.2, -0.15) is 0 Å². The number of hydrogen-bond donors (Lipinski definition) is 0. The van der Waals surface area contributed by atoms with Crippen molar-refractivity contribution >= 4 is 23.9 Å². The summed E-state index contributed by atoms with van der Waals surface area (Å²) in [6, 6.07) is 37.6. The zero-order valence-electron chi connectivity index (χ0n) is 28.4. The summed E-state index contributed by atoms with van der Waals surface area (Å²) in [5.74, 6) is -3.33. The normalized spacial score (nSPS) is 19.2. The third-order valence-electron chi connectivity index (χ3n) is 8.35. The van der Waals surface area contributed by atoms with E-state index in [0.717, 1.165) is 0 Å². The third-order valence-corrected chi connectivity index (χ3v) is 8.35. The highest BCUT2D eigenvalue weighted by atomic mass is 16.7. The smallest absolute Gasteiger partial charge is 0.338 e. The second-order valence-electron chi connectivity index (χ2n) is 11.9. The van der Waals surface area contributed by atoms with E-state index in [-0.39, 0.29) is 34.0 Å². The maximum Gasteiger partial charge on any atom is 0.338 e. The van der Waals surface area contributed by atoms with Crippen molar-refractivity contribution in [3.63, 3.8) is 0 Å². The monoisotopic (exact) mass is 725 g/mol. The van der Waals surface area contributed by atoms with Gasteiger partial charge in [-0.05, 0) is 60.7 Å². The van der Waals surface area contributed by atoms with E-state index in [1.165, 1.54) is 36.4 Å². The van der Waals surface area contributed by atoms with Crippen LogP contribution in [0.3, 0.4) is 0 Å². The molecule has 13 nitrogen and oxygen atoms in total. The van der Waals surface area contributed by atoms with Crippen LogP contribution in [0.25, 0.3) is 11.6 Å². The van der Waals surface area contributed by atoms with Gasteiger partial charge in [0, 0.05) is 6.20 Å². The number of ether oxygens (including phenoxy) is 5. The molecule has 54 heavy (non-hydrogen) atoms. The van der Waals surface area contributed by atoms with E-state index in [9.17, 15) is 19.2 Å². The molecule has 4 aromatic carbocycles. The van der Waals surface area contributed by atoms with Crippen LogP contribution < -0.4 is 0 Å². The standard InChI is InChI=1S/C41H31N3O10/c45-38(26-15-5-1-6-16-26)49-25-31-32(51-39(46)27-17-7-2-8-18-27)33(52-40(47)28-19-9-3-10-20-28)34(53-41(48)29-21-11-4-12-22-29)35(50-31)37-44-43-36(54-37)30-23-13-14-24-42-30/h1-24,31-35H,25H2/t31-,32-,33+,34-,35-/m1/s1. The SMILES string of the molecule is O=C(OC[C@H]1O[C@@H](c2nnc(-c3ccccn3)o2)[C@H](OC(=O)c2ccccc2)[C@@H](OC(=O)c2ccccc2)[C@@H]1OC(=O)c1ccccc1)c1ccccc1. The van der Waals surface area contributed by atoms with Gasteiger partial charge in [0.1, 0.15) is 18.4 Å². The van der Waals surface area contributed by atoms with Crippen molar-refractivity contribution in [2.24, 2.45) is 0 Å². The molecule has 7 rings (SSSR count). The molecular weight excluding hydrogens is 694 g/mol. The minimum Gasteiger partial charge on any atom is -0.459 e. The fraction of sp³-hybridized carbons (Fsp3) is 0.146. The predicted molar refractivity (Wildman–Crippen MR) is 189 cm³/mol. The van der Waals surface area contributed by atoms with E-state index in [0.29, 0.717) is 5.69 Å². The number of aromatic nitrogens is 3. The largest absolute Gasteiger partial charge is 0.459 e. The summed E-state index contributed by atoms with van der Waals surface area (Å²) in [4.78, 5) is 58.7. The van der Waals surface area contributed by atoms with E-state index in [1.807, 2.05) is 0 Å². The Hall–Kier alpha value is -6.99. The first-order valence-electron chi connectivity index (χ1n) is 16.8. The van der Waals surface area contributed by atoms with Crippen molar-refractivity contribution in [2.75, 3.05) is 6.61 Å². The first kappa shape index (κ1) is 35.4. The van der Waals surface area contributed by atoms with Crippen molar-refractivity contribution in [2.45, 2.75) is 30.5 Å². The fourth-order valence-electron chi connectivity index (χ4n) is 5.71. The average Bonchev–Trinajstić information content (AvgIpc) is 3.73. The van der Waals surface area contributed by atoms with Gasteiger partial charge in [0.15, 0.2) is 24.4 Å². The van der Waals surface area contributed by atoms with E-state index >= 15 is 0 Å². The number of hydrogen-bond acceptors (Lipinski definition) is 13. The van der Waals surface area contributed by atoms with Crippen LogP contribution in [0.5, 0.6) is 0 Å². The second kappa shape index (κ2) is 16.6. The molecule has 2 aromatic heterocycles. The highest BCUT2D eigenvalue weighted by Gasteiger charge is 2.55. The Kier molecular flexibility index (Phi) is 10.9. The molecule has 0 N–H and O–H groups in total. The Bertz CT molecular complexity index is 2190. The molecule has 13 heteroatoms. The maximum absolute atomic E-state index is 13.8. The number of nitrogens with zero attached hydrogens (tertiary/aromatic N) is 3. The summed E-state index contributed by atoms with van der Waals surface area (Å²) >= 11 is 0. The van der Waals surface area contributed by atoms with Crippen molar-refractivity contribution in [1.82, 2.24) is 15.2 Å². The molecule has 3 heterocycles. The summed E-state index contributed by atoms with van der Waals surface area (Å²) in [6.45, 7) is -0.503. The molecule has 0 amide bonds. The van der Waals surface area contributed by atoms with Gasteiger partial charge in [-0.1, -0.05) is 78.9 Å². The van der Waals surface area contributed by atoms with Crippen LogP contribution >= 0.6 is 0 Å². The van der Waals surface area contributed by atoms with Gasteiger partial charge in [-0.25, -0.2) is 19.2 Å². The Morgan fingerprint density at radius 1 is 0.519 bits per heavy atom. The summed E-state index contributed by atoms with van der Waals surface area (Å²) in [7, 11) is 0. The lowest BCUT2D eigenvalue weighted by molar-refractivity contribution is -0.236. The molecule has 1 saturated heterocycles. The van der Waals surface area contributed by atoms with E-state index in [2.05, 4.69) is 15.2 Å². The van der Waals surface area contributed by atoms with Crippen LogP contribution in [0.15, 0.2) is 150 Å². The van der Waals surface area contributed by atoms with Crippen molar-refractivity contribution in [1.29, 1.82) is 0 Å². The van der Waals surface area contributed by atoms with Crippen LogP contribution in [0.1, 0.15) is 53.4 Å². The Labute approximate surface area is 308 Å². The first-order chi connectivity index (χ1) is 26.4. The summed E-state index contributed by atoms with van der Waals surface area (Å²) in [6.07, 6.45) is -5.89. The van der Waals surface area contributed by atoms with E-state index < -0.39 is 61.0 Å². The molecule has 5 atom stereocenters.